The van der Waals surface area contributed by atoms with Gasteiger partial charge in [-0.3, -0.25) is 0 Å². The third-order valence-corrected chi connectivity index (χ3v) is 7.78. The fourth-order valence-corrected chi connectivity index (χ4v) is 6.36. The maximum Gasteiger partial charge on any atom is 0.169 e. The topological polar surface area (TPSA) is 73.9 Å². The second kappa shape index (κ2) is 6.12. The molecule has 0 amide bonds. The van der Waals surface area contributed by atoms with E-state index in [1.807, 2.05) is 7.05 Å². The maximum atomic E-state index is 13.0. The summed E-state index contributed by atoms with van der Waals surface area (Å²) >= 11 is 0. The van der Waals surface area contributed by atoms with Crippen LogP contribution < -0.4 is 5.32 Å². The van der Waals surface area contributed by atoms with Gasteiger partial charge in [0.05, 0.1) is 23.7 Å². The first kappa shape index (κ1) is 15.7. The van der Waals surface area contributed by atoms with Crippen LogP contribution in [0.2, 0.25) is 0 Å². The van der Waals surface area contributed by atoms with Gasteiger partial charge in [-0.05, 0) is 26.3 Å². The second-order valence-electron chi connectivity index (χ2n) is 6.18. The fourth-order valence-electron chi connectivity index (χ4n) is 3.80. The molecule has 2 unspecified atom stereocenters. The molecule has 3 rings (SSSR count). The van der Waals surface area contributed by atoms with Crippen molar-refractivity contribution in [3.63, 3.8) is 0 Å². The summed E-state index contributed by atoms with van der Waals surface area (Å²) in [5.74, 6) is -0.670. The Labute approximate surface area is 126 Å². The summed E-state index contributed by atoms with van der Waals surface area (Å²) in [6.45, 7) is 2.21. The highest BCUT2D eigenvalue weighted by molar-refractivity contribution is 7.92. The number of hydrogen-bond donors (Lipinski definition) is 1. The number of rotatable bonds is 3. The Balaban J connectivity index is 1.81. The lowest BCUT2D eigenvalue weighted by atomic mass is 9.89. The summed E-state index contributed by atoms with van der Waals surface area (Å²) in [6.07, 6.45) is 3.17. The molecule has 0 radical (unpaired) electrons. The first-order valence-corrected chi connectivity index (χ1v) is 9.44. The zero-order chi connectivity index (χ0) is 14.9. The molecule has 1 saturated carbocycles. The highest BCUT2D eigenvalue weighted by Gasteiger charge is 2.50. The lowest BCUT2D eigenvalue weighted by Gasteiger charge is -2.42. The third-order valence-electron chi connectivity index (χ3n) is 5.04. The van der Waals surface area contributed by atoms with Crippen molar-refractivity contribution in [2.75, 3.05) is 33.5 Å². The minimum Gasteiger partial charge on any atom is -0.381 e. The summed E-state index contributed by atoms with van der Waals surface area (Å²) in [6, 6.07) is -0.0173. The van der Waals surface area contributed by atoms with Crippen molar-refractivity contribution in [2.45, 2.75) is 54.4 Å². The minimum absolute atomic E-state index is 0.0173. The molecule has 2 heterocycles. The molecule has 0 aromatic carbocycles. The van der Waals surface area contributed by atoms with Gasteiger partial charge in [-0.15, -0.1) is 0 Å². The summed E-state index contributed by atoms with van der Waals surface area (Å²) in [5, 5.41) is 2.46. The third kappa shape index (κ3) is 2.99. The molecule has 0 aromatic rings. The number of sulfone groups is 1. The van der Waals surface area contributed by atoms with Crippen molar-refractivity contribution in [1.82, 2.24) is 5.32 Å². The van der Waals surface area contributed by atoms with Crippen molar-refractivity contribution in [3.8, 4) is 0 Å². The Morgan fingerprint density at radius 2 is 1.71 bits per heavy atom. The number of ether oxygens (including phenoxy) is 3. The highest BCUT2D eigenvalue weighted by Crippen LogP contribution is 2.40. The Hall–Kier alpha value is -0.210. The average Bonchev–Trinajstić information content (AvgIpc) is 2.96. The predicted molar refractivity (Wildman–Crippen MR) is 77.9 cm³/mol. The van der Waals surface area contributed by atoms with Crippen LogP contribution in [0.15, 0.2) is 0 Å². The molecule has 7 heteroatoms. The van der Waals surface area contributed by atoms with Gasteiger partial charge in [0.15, 0.2) is 15.6 Å². The smallest absolute Gasteiger partial charge is 0.169 e. The summed E-state index contributed by atoms with van der Waals surface area (Å²) in [5.41, 5.74) is 0. The zero-order valence-corrected chi connectivity index (χ0v) is 13.4. The van der Waals surface area contributed by atoms with Gasteiger partial charge in [-0.2, -0.15) is 0 Å². The van der Waals surface area contributed by atoms with Gasteiger partial charge in [0.2, 0.25) is 0 Å². The fraction of sp³-hybridized carbons (Fsp3) is 1.00. The van der Waals surface area contributed by atoms with Crippen LogP contribution in [-0.2, 0) is 24.0 Å². The van der Waals surface area contributed by atoms with Gasteiger partial charge >= 0.3 is 0 Å². The van der Waals surface area contributed by atoms with Crippen molar-refractivity contribution < 1.29 is 22.6 Å². The van der Waals surface area contributed by atoms with Gasteiger partial charge < -0.3 is 19.5 Å². The molecule has 0 bridgehead atoms. The Bertz CT molecular complexity index is 454. The van der Waals surface area contributed by atoms with Crippen molar-refractivity contribution in [2.24, 2.45) is 0 Å². The normalized spacial score (nSPS) is 34.3. The molecular weight excluding hydrogens is 294 g/mol. The van der Waals surface area contributed by atoms with E-state index in [0.29, 0.717) is 45.7 Å². The van der Waals surface area contributed by atoms with Crippen molar-refractivity contribution in [1.29, 1.82) is 0 Å². The summed E-state index contributed by atoms with van der Waals surface area (Å²) < 4.78 is 42.9. The van der Waals surface area contributed by atoms with Crippen LogP contribution in [0, 0.1) is 0 Å². The summed E-state index contributed by atoms with van der Waals surface area (Å²) in [7, 11) is -1.37. The molecule has 1 N–H and O–H groups in total. The van der Waals surface area contributed by atoms with Gasteiger partial charge in [0.1, 0.15) is 0 Å². The SMILES string of the molecule is CNC1CCC2(CC1S(=O)(=O)C1CCOCC1)OCCO2. The Morgan fingerprint density at radius 3 is 2.33 bits per heavy atom. The van der Waals surface area contributed by atoms with Gasteiger partial charge in [0, 0.05) is 32.1 Å². The molecule has 6 nitrogen and oxygen atoms in total. The summed E-state index contributed by atoms with van der Waals surface area (Å²) in [4.78, 5) is 0. The first-order chi connectivity index (χ1) is 10.1. The van der Waals surface area contributed by atoms with E-state index in [2.05, 4.69) is 5.32 Å². The molecule has 2 aliphatic heterocycles. The first-order valence-electron chi connectivity index (χ1n) is 7.83. The predicted octanol–water partition coefficient (Wildman–Crippen LogP) is 0.464. The van der Waals surface area contributed by atoms with Crippen LogP contribution in [0.25, 0.3) is 0 Å². The molecule has 3 fully saturated rings. The average molecular weight is 319 g/mol. The van der Waals surface area contributed by atoms with E-state index in [1.54, 1.807) is 0 Å². The quantitative estimate of drug-likeness (QED) is 0.815. The lowest BCUT2D eigenvalue weighted by molar-refractivity contribution is -0.178. The Morgan fingerprint density at radius 1 is 1.05 bits per heavy atom. The van der Waals surface area contributed by atoms with Crippen LogP contribution in [0.3, 0.4) is 0 Å². The second-order valence-corrected chi connectivity index (χ2v) is 8.63. The van der Waals surface area contributed by atoms with E-state index in [0.717, 1.165) is 12.8 Å². The van der Waals surface area contributed by atoms with Crippen LogP contribution in [0.1, 0.15) is 32.1 Å². The standard InChI is InChI=1S/C14H25NO5S/c1-15-12-2-5-14(19-8-9-20-14)10-13(12)21(16,17)11-3-6-18-7-4-11/h11-13,15H,2-10H2,1H3. The van der Waals surface area contributed by atoms with Crippen LogP contribution in [0.5, 0.6) is 0 Å². The lowest BCUT2D eigenvalue weighted by Crippen LogP contribution is -2.55. The molecule has 3 aliphatic rings. The van der Waals surface area contributed by atoms with Crippen LogP contribution >= 0.6 is 0 Å². The molecule has 21 heavy (non-hydrogen) atoms. The number of hydrogen-bond acceptors (Lipinski definition) is 6. The molecule has 0 aromatic heterocycles. The monoisotopic (exact) mass is 319 g/mol. The maximum absolute atomic E-state index is 13.0. The Kier molecular flexibility index (Phi) is 4.57. The highest BCUT2D eigenvalue weighted by atomic mass is 32.2. The van der Waals surface area contributed by atoms with Crippen molar-refractivity contribution >= 4 is 9.84 Å². The molecule has 2 saturated heterocycles. The molecule has 1 spiro atoms. The van der Waals surface area contributed by atoms with Crippen molar-refractivity contribution in [3.05, 3.63) is 0 Å². The van der Waals surface area contributed by atoms with E-state index in [9.17, 15) is 8.42 Å². The molecule has 2 atom stereocenters. The van der Waals surface area contributed by atoms with Crippen LogP contribution in [-0.4, -0.2) is 64.2 Å². The molecular formula is C14H25NO5S. The minimum atomic E-state index is -3.21. The van der Waals surface area contributed by atoms with Gasteiger partial charge in [-0.25, -0.2) is 8.42 Å². The van der Waals surface area contributed by atoms with E-state index < -0.39 is 20.9 Å². The molecule has 1 aliphatic carbocycles. The zero-order valence-electron chi connectivity index (χ0n) is 12.5. The number of nitrogens with one attached hydrogen (secondary N) is 1. The van der Waals surface area contributed by atoms with E-state index in [-0.39, 0.29) is 11.3 Å². The van der Waals surface area contributed by atoms with E-state index in [1.165, 1.54) is 0 Å². The van der Waals surface area contributed by atoms with Gasteiger partial charge in [-0.1, -0.05) is 0 Å². The van der Waals surface area contributed by atoms with Gasteiger partial charge in [0.25, 0.3) is 0 Å². The van der Waals surface area contributed by atoms with Crippen LogP contribution in [0.4, 0.5) is 0 Å². The van der Waals surface area contributed by atoms with E-state index in [4.69, 9.17) is 14.2 Å². The largest absolute Gasteiger partial charge is 0.381 e. The molecule has 122 valence electrons. The van der Waals surface area contributed by atoms with E-state index >= 15 is 0 Å².